The predicted octanol–water partition coefficient (Wildman–Crippen LogP) is 1.63. The molecule has 1 rings (SSSR count). The first kappa shape index (κ1) is 16.0. The number of anilines is 2. The SMILES string of the molecule is CCCNC(=O)CN(C(C)=O)c1ccc(N(C)C)cc1. The van der Waals surface area contributed by atoms with E-state index in [1.807, 2.05) is 50.2 Å². The maximum Gasteiger partial charge on any atom is 0.240 e. The Bertz CT molecular complexity index is 455. The van der Waals surface area contributed by atoms with E-state index in [1.165, 1.54) is 11.8 Å². The smallest absolute Gasteiger partial charge is 0.240 e. The van der Waals surface area contributed by atoms with Gasteiger partial charge >= 0.3 is 0 Å². The van der Waals surface area contributed by atoms with Crippen LogP contribution in [0.4, 0.5) is 11.4 Å². The normalized spacial score (nSPS) is 10.0. The maximum atomic E-state index is 11.8. The zero-order valence-electron chi connectivity index (χ0n) is 12.6. The molecule has 20 heavy (non-hydrogen) atoms. The number of carbonyl (C=O) groups excluding carboxylic acids is 2. The Hall–Kier alpha value is -2.04. The molecule has 0 spiro atoms. The lowest BCUT2D eigenvalue weighted by molar-refractivity contribution is -0.123. The van der Waals surface area contributed by atoms with Gasteiger partial charge in [-0.3, -0.25) is 9.59 Å². The quantitative estimate of drug-likeness (QED) is 0.860. The molecule has 0 bridgehead atoms. The van der Waals surface area contributed by atoms with Gasteiger partial charge in [-0.15, -0.1) is 0 Å². The Morgan fingerprint density at radius 2 is 1.65 bits per heavy atom. The van der Waals surface area contributed by atoms with E-state index >= 15 is 0 Å². The summed E-state index contributed by atoms with van der Waals surface area (Å²) < 4.78 is 0. The van der Waals surface area contributed by atoms with Crippen molar-refractivity contribution in [1.82, 2.24) is 5.32 Å². The molecule has 0 saturated heterocycles. The van der Waals surface area contributed by atoms with E-state index in [0.717, 1.165) is 17.8 Å². The van der Waals surface area contributed by atoms with Crippen molar-refractivity contribution in [1.29, 1.82) is 0 Å². The molecule has 0 aliphatic rings. The van der Waals surface area contributed by atoms with Crippen LogP contribution in [0.1, 0.15) is 20.3 Å². The molecule has 110 valence electrons. The molecule has 2 amide bonds. The minimum Gasteiger partial charge on any atom is -0.378 e. The number of nitrogens with one attached hydrogen (secondary N) is 1. The summed E-state index contributed by atoms with van der Waals surface area (Å²) in [6.07, 6.45) is 0.878. The average molecular weight is 277 g/mol. The molecule has 0 unspecified atom stereocenters. The lowest BCUT2D eigenvalue weighted by atomic mass is 10.2. The predicted molar refractivity (Wildman–Crippen MR) is 82.1 cm³/mol. The molecule has 1 aromatic rings. The van der Waals surface area contributed by atoms with Crippen molar-refractivity contribution in [3.63, 3.8) is 0 Å². The standard InChI is InChI=1S/C15H23N3O2/c1-5-10-16-15(20)11-18(12(2)19)14-8-6-13(7-9-14)17(3)4/h6-9H,5,10-11H2,1-4H3,(H,16,20). The second kappa shape index (κ2) is 7.53. The zero-order valence-corrected chi connectivity index (χ0v) is 12.6. The largest absolute Gasteiger partial charge is 0.378 e. The van der Waals surface area contributed by atoms with Crippen LogP contribution < -0.4 is 15.1 Å². The molecule has 0 aliphatic heterocycles. The van der Waals surface area contributed by atoms with Crippen LogP contribution in [-0.4, -0.2) is 39.0 Å². The molecule has 5 nitrogen and oxygen atoms in total. The number of carbonyl (C=O) groups is 2. The first-order valence-electron chi connectivity index (χ1n) is 6.78. The highest BCUT2D eigenvalue weighted by Gasteiger charge is 2.15. The van der Waals surface area contributed by atoms with Gasteiger partial charge < -0.3 is 15.1 Å². The van der Waals surface area contributed by atoms with Crippen LogP contribution in [0.2, 0.25) is 0 Å². The molecule has 0 heterocycles. The average Bonchev–Trinajstić information content (AvgIpc) is 2.42. The van der Waals surface area contributed by atoms with Gasteiger partial charge in [-0.25, -0.2) is 0 Å². The number of rotatable bonds is 6. The Morgan fingerprint density at radius 1 is 1.10 bits per heavy atom. The summed E-state index contributed by atoms with van der Waals surface area (Å²) in [4.78, 5) is 26.9. The second-order valence-corrected chi connectivity index (χ2v) is 4.87. The first-order valence-corrected chi connectivity index (χ1v) is 6.78. The molecule has 0 aliphatic carbocycles. The van der Waals surface area contributed by atoms with E-state index in [-0.39, 0.29) is 18.4 Å². The van der Waals surface area contributed by atoms with Crippen molar-refractivity contribution in [3.8, 4) is 0 Å². The third kappa shape index (κ3) is 4.57. The number of hydrogen-bond donors (Lipinski definition) is 1. The summed E-state index contributed by atoms with van der Waals surface area (Å²) in [6.45, 7) is 4.14. The maximum absolute atomic E-state index is 11.8. The molecule has 0 aromatic heterocycles. The van der Waals surface area contributed by atoms with Gasteiger partial charge in [-0.05, 0) is 30.7 Å². The molecular weight excluding hydrogens is 254 g/mol. The molecule has 1 N–H and O–H groups in total. The van der Waals surface area contributed by atoms with Crippen LogP contribution in [0, 0.1) is 0 Å². The number of amides is 2. The van der Waals surface area contributed by atoms with Crippen molar-refractivity contribution < 1.29 is 9.59 Å². The van der Waals surface area contributed by atoms with Crippen molar-refractivity contribution >= 4 is 23.2 Å². The van der Waals surface area contributed by atoms with E-state index in [4.69, 9.17) is 0 Å². The first-order chi connectivity index (χ1) is 9.45. The second-order valence-electron chi connectivity index (χ2n) is 4.87. The highest BCUT2D eigenvalue weighted by molar-refractivity contribution is 5.97. The topological polar surface area (TPSA) is 52.7 Å². The summed E-state index contributed by atoms with van der Waals surface area (Å²) in [6, 6.07) is 7.55. The summed E-state index contributed by atoms with van der Waals surface area (Å²) in [5, 5.41) is 2.78. The van der Waals surface area contributed by atoms with Gasteiger partial charge in [-0.2, -0.15) is 0 Å². The van der Waals surface area contributed by atoms with Crippen molar-refractivity contribution in [3.05, 3.63) is 24.3 Å². The monoisotopic (exact) mass is 277 g/mol. The van der Waals surface area contributed by atoms with Gasteiger partial charge in [0.05, 0.1) is 0 Å². The number of hydrogen-bond acceptors (Lipinski definition) is 3. The van der Waals surface area contributed by atoms with Gasteiger partial charge in [0.25, 0.3) is 0 Å². The van der Waals surface area contributed by atoms with Gasteiger partial charge in [0, 0.05) is 38.9 Å². The Kier molecular flexibility index (Phi) is 6.03. The summed E-state index contributed by atoms with van der Waals surface area (Å²) in [7, 11) is 3.91. The minimum atomic E-state index is -0.144. The lowest BCUT2D eigenvalue weighted by Gasteiger charge is -2.21. The third-order valence-electron chi connectivity index (χ3n) is 2.93. The Morgan fingerprint density at radius 3 is 2.10 bits per heavy atom. The van der Waals surface area contributed by atoms with E-state index in [0.29, 0.717) is 6.54 Å². The molecule has 0 radical (unpaired) electrons. The van der Waals surface area contributed by atoms with Gasteiger partial charge in [0.1, 0.15) is 6.54 Å². The van der Waals surface area contributed by atoms with E-state index < -0.39 is 0 Å². The number of benzene rings is 1. The Balaban J connectivity index is 2.80. The van der Waals surface area contributed by atoms with Crippen LogP contribution in [0.5, 0.6) is 0 Å². The molecule has 0 saturated carbocycles. The van der Waals surface area contributed by atoms with E-state index in [2.05, 4.69) is 5.32 Å². The number of nitrogens with zero attached hydrogens (tertiary/aromatic N) is 2. The zero-order chi connectivity index (χ0) is 15.1. The molecular formula is C15H23N3O2. The highest BCUT2D eigenvalue weighted by atomic mass is 16.2. The summed E-state index contributed by atoms with van der Waals surface area (Å²) >= 11 is 0. The molecule has 0 fully saturated rings. The third-order valence-corrected chi connectivity index (χ3v) is 2.93. The van der Waals surface area contributed by atoms with Crippen LogP contribution in [0.3, 0.4) is 0 Å². The van der Waals surface area contributed by atoms with Gasteiger partial charge in [0.15, 0.2) is 0 Å². The minimum absolute atomic E-state index is 0.0522. The van der Waals surface area contributed by atoms with Crippen LogP contribution >= 0.6 is 0 Å². The fourth-order valence-electron chi connectivity index (χ4n) is 1.78. The fourth-order valence-corrected chi connectivity index (χ4v) is 1.78. The van der Waals surface area contributed by atoms with Gasteiger partial charge in [0.2, 0.25) is 11.8 Å². The van der Waals surface area contributed by atoms with Crippen LogP contribution in [-0.2, 0) is 9.59 Å². The highest BCUT2D eigenvalue weighted by Crippen LogP contribution is 2.19. The van der Waals surface area contributed by atoms with Crippen molar-refractivity contribution in [2.45, 2.75) is 20.3 Å². The molecule has 5 heteroatoms. The molecule has 0 atom stereocenters. The van der Waals surface area contributed by atoms with Gasteiger partial charge in [-0.1, -0.05) is 6.92 Å². The fraction of sp³-hybridized carbons (Fsp3) is 0.467. The Labute approximate surface area is 120 Å². The molecule has 1 aromatic carbocycles. The lowest BCUT2D eigenvalue weighted by Crippen LogP contribution is -2.40. The van der Waals surface area contributed by atoms with Crippen molar-refractivity contribution in [2.24, 2.45) is 0 Å². The van der Waals surface area contributed by atoms with E-state index in [9.17, 15) is 9.59 Å². The summed E-state index contributed by atoms with van der Waals surface area (Å²) in [5.41, 5.74) is 1.78. The summed E-state index contributed by atoms with van der Waals surface area (Å²) in [5.74, 6) is -0.284. The van der Waals surface area contributed by atoms with E-state index in [1.54, 1.807) is 0 Å². The van der Waals surface area contributed by atoms with Crippen molar-refractivity contribution in [2.75, 3.05) is 37.0 Å². The van der Waals surface area contributed by atoms with Crippen LogP contribution in [0.15, 0.2) is 24.3 Å². The van der Waals surface area contributed by atoms with Crippen LogP contribution in [0.25, 0.3) is 0 Å².